The molecule has 3 N–H and O–H groups in total. The van der Waals surface area contributed by atoms with Gasteiger partial charge in [-0.05, 0) is 18.9 Å². The zero-order valence-corrected chi connectivity index (χ0v) is 10.2. The Balaban J connectivity index is 2.52. The number of rotatable bonds is 2. The lowest BCUT2D eigenvalue weighted by Crippen LogP contribution is -2.24. The number of benzene rings is 1. The summed E-state index contributed by atoms with van der Waals surface area (Å²) in [4.78, 5) is 23.3. The first-order valence-electron chi connectivity index (χ1n) is 5.97. The molecule has 1 amide bonds. The molecule has 0 bridgehead atoms. The number of primary amides is 1. The fourth-order valence-electron chi connectivity index (χ4n) is 2.26. The van der Waals surface area contributed by atoms with Crippen molar-refractivity contribution in [3.8, 4) is 5.75 Å². The average molecular weight is 280 g/mol. The number of carbonyl (C=O) groups excluding carboxylic acids is 1. The minimum atomic E-state index is -1.42. The molecule has 1 saturated carbocycles. The second kappa shape index (κ2) is 4.03. The molecule has 1 aromatic heterocycles. The molecule has 5 nitrogen and oxygen atoms in total. The van der Waals surface area contributed by atoms with Gasteiger partial charge in [-0.2, -0.15) is 4.39 Å². The molecule has 2 aromatic rings. The van der Waals surface area contributed by atoms with E-state index in [0.29, 0.717) is 6.07 Å². The third kappa shape index (κ3) is 1.66. The highest BCUT2D eigenvalue weighted by molar-refractivity contribution is 5.97. The van der Waals surface area contributed by atoms with Crippen LogP contribution in [0.1, 0.15) is 29.2 Å². The summed E-state index contributed by atoms with van der Waals surface area (Å²) in [6, 6.07) is 0.616. The van der Waals surface area contributed by atoms with Crippen LogP contribution in [0.5, 0.6) is 5.75 Å². The second-order valence-corrected chi connectivity index (χ2v) is 4.79. The first-order chi connectivity index (χ1) is 9.41. The molecule has 1 aliphatic carbocycles. The highest BCUT2D eigenvalue weighted by Gasteiger charge is 2.29. The lowest BCUT2D eigenvalue weighted by Gasteiger charge is -2.13. The van der Waals surface area contributed by atoms with Gasteiger partial charge in [0, 0.05) is 12.2 Å². The summed E-state index contributed by atoms with van der Waals surface area (Å²) in [6.07, 6.45) is 2.71. The van der Waals surface area contributed by atoms with E-state index in [0.717, 1.165) is 12.8 Å². The molecule has 0 aliphatic heterocycles. The van der Waals surface area contributed by atoms with Crippen molar-refractivity contribution in [2.75, 3.05) is 0 Å². The number of amides is 1. The van der Waals surface area contributed by atoms with E-state index >= 15 is 0 Å². The number of aromatic hydroxyl groups is 1. The summed E-state index contributed by atoms with van der Waals surface area (Å²) in [7, 11) is 0. The van der Waals surface area contributed by atoms with Gasteiger partial charge in [-0.15, -0.1) is 0 Å². The van der Waals surface area contributed by atoms with Crippen molar-refractivity contribution >= 4 is 16.8 Å². The normalized spacial score (nSPS) is 14.7. The van der Waals surface area contributed by atoms with E-state index in [1.807, 2.05) is 0 Å². The number of nitrogens with two attached hydrogens (primary N) is 1. The molecular formula is C13H10F2N2O3. The monoisotopic (exact) mass is 280 g/mol. The third-order valence-corrected chi connectivity index (χ3v) is 3.39. The van der Waals surface area contributed by atoms with Crippen molar-refractivity contribution < 1.29 is 18.7 Å². The lowest BCUT2D eigenvalue weighted by molar-refractivity contribution is 0.0998. The van der Waals surface area contributed by atoms with Crippen LogP contribution in [-0.2, 0) is 0 Å². The van der Waals surface area contributed by atoms with E-state index < -0.39 is 28.7 Å². The quantitative estimate of drug-likeness (QED) is 0.872. The number of hydrogen-bond acceptors (Lipinski definition) is 3. The minimum Gasteiger partial charge on any atom is -0.503 e. The molecule has 1 heterocycles. The Morgan fingerprint density at radius 2 is 2.05 bits per heavy atom. The molecular weight excluding hydrogens is 270 g/mol. The second-order valence-electron chi connectivity index (χ2n) is 4.79. The molecule has 104 valence electrons. The van der Waals surface area contributed by atoms with E-state index in [4.69, 9.17) is 5.73 Å². The van der Waals surface area contributed by atoms with Gasteiger partial charge in [0.25, 0.3) is 5.91 Å². The molecule has 0 atom stereocenters. The topological polar surface area (TPSA) is 85.3 Å². The number of phenols is 1. The molecule has 1 aliphatic rings. The molecule has 0 saturated heterocycles. The Kier molecular flexibility index (Phi) is 2.53. The zero-order valence-electron chi connectivity index (χ0n) is 10.2. The van der Waals surface area contributed by atoms with Gasteiger partial charge < -0.3 is 15.4 Å². The predicted octanol–water partition coefficient (Wildman–Crippen LogP) is 1.42. The van der Waals surface area contributed by atoms with Crippen molar-refractivity contribution in [2.24, 2.45) is 5.73 Å². The van der Waals surface area contributed by atoms with Crippen molar-refractivity contribution in [1.82, 2.24) is 4.57 Å². The largest absolute Gasteiger partial charge is 0.503 e. The molecule has 1 aromatic carbocycles. The molecule has 3 rings (SSSR count). The van der Waals surface area contributed by atoms with Crippen LogP contribution in [0.4, 0.5) is 8.78 Å². The summed E-state index contributed by atoms with van der Waals surface area (Å²) in [5, 5.41) is 9.50. The van der Waals surface area contributed by atoms with Crippen LogP contribution < -0.4 is 11.2 Å². The average Bonchev–Trinajstić information content (AvgIpc) is 3.21. The number of phenolic OH excluding ortho intramolecular Hbond substituents is 1. The number of pyridine rings is 1. The van der Waals surface area contributed by atoms with Gasteiger partial charge in [0.1, 0.15) is 5.56 Å². The van der Waals surface area contributed by atoms with E-state index in [-0.39, 0.29) is 22.5 Å². The molecule has 0 radical (unpaired) electrons. The Morgan fingerprint density at radius 1 is 1.40 bits per heavy atom. The van der Waals surface area contributed by atoms with E-state index in [2.05, 4.69) is 0 Å². The predicted molar refractivity (Wildman–Crippen MR) is 66.6 cm³/mol. The first kappa shape index (κ1) is 12.6. The fourth-order valence-corrected chi connectivity index (χ4v) is 2.26. The number of hydrogen-bond donors (Lipinski definition) is 2. The van der Waals surface area contributed by atoms with Crippen LogP contribution in [0, 0.1) is 11.6 Å². The van der Waals surface area contributed by atoms with E-state index in [1.165, 1.54) is 10.8 Å². The van der Waals surface area contributed by atoms with Gasteiger partial charge in [0.2, 0.25) is 11.2 Å². The van der Waals surface area contributed by atoms with Crippen molar-refractivity contribution in [1.29, 1.82) is 0 Å². The molecule has 1 fully saturated rings. The number of halogens is 2. The zero-order chi connectivity index (χ0) is 14.6. The third-order valence-electron chi connectivity index (χ3n) is 3.39. The van der Waals surface area contributed by atoms with Crippen LogP contribution >= 0.6 is 0 Å². The summed E-state index contributed by atoms with van der Waals surface area (Å²) in [5.74, 6) is -4.65. The van der Waals surface area contributed by atoms with Gasteiger partial charge in [0.05, 0.1) is 10.9 Å². The first-order valence-corrected chi connectivity index (χ1v) is 5.97. The van der Waals surface area contributed by atoms with Crippen LogP contribution in [0.25, 0.3) is 10.9 Å². The van der Waals surface area contributed by atoms with Gasteiger partial charge >= 0.3 is 0 Å². The summed E-state index contributed by atoms with van der Waals surface area (Å²) < 4.78 is 28.3. The number of nitrogens with zero attached hydrogens (tertiary/aromatic N) is 1. The minimum absolute atomic E-state index is 0.0630. The molecule has 20 heavy (non-hydrogen) atoms. The molecule has 0 unspecified atom stereocenters. The highest BCUT2D eigenvalue weighted by Crippen LogP contribution is 2.40. The lowest BCUT2D eigenvalue weighted by atomic mass is 10.1. The Labute approximate surface area is 111 Å². The van der Waals surface area contributed by atoms with Crippen molar-refractivity contribution in [2.45, 2.75) is 18.9 Å². The Morgan fingerprint density at radius 3 is 2.60 bits per heavy atom. The SMILES string of the molecule is NC(=O)c1cn(C2CC2)c2c(O)c(F)c(F)cc2c1=O. The van der Waals surface area contributed by atoms with Crippen LogP contribution in [0.15, 0.2) is 17.1 Å². The number of carbonyl (C=O) groups is 1. The van der Waals surface area contributed by atoms with E-state index in [1.54, 1.807) is 0 Å². The maximum atomic E-state index is 13.5. The van der Waals surface area contributed by atoms with E-state index in [9.17, 15) is 23.5 Å². The highest BCUT2D eigenvalue weighted by atomic mass is 19.2. The van der Waals surface area contributed by atoms with Crippen molar-refractivity contribution in [3.63, 3.8) is 0 Å². The van der Waals surface area contributed by atoms with Crippen LogP contribution in [-0.4, -0.2) is 15.6 Å². The standard InChI is InChI=1S/C13H10F2N2O3/c14-8-3-6-10(12(19)9(8)15)17(5-1-2-5)4-7(11(6)18)13(16)20/h3-5,19H,1-2H2,(H2,16,20). The summed E-state index contributed by atoms with van der Waals surface area (Å²) in [6.45, 7) is 0. The number of fused-ring (bicyclic) bond motifs is 1. The summed E-state index contributed by atoms with van der Waals surface area (Å²) in [5.41, 5.74) is 3.88. The van der Waals surface area contributed by atoms with Gasteiger partial charge in [-0.1, -0.05) is 0 Å². The smallest absolute Gasteiger partial charge is 0.254 e. The van der Waals surface area contributed by atoms with Gasteiger partial charge in [-0.25, -0.2) is 4.39 Å². The maximum Gasteiger partial charge on any atom is 0.254 e. The van der Waals surface area contributed by atoms with Gasteiger partial charge in [0.15, 0.2) is 11.6 Å². The van der Waals surface area contributed by atoms with Crippen LogP contribution in [0.2, 0.25) is 0 Å². The van der Waals surface area contributed by atoms with Crippen LogP contribution in [0.3, 0.4) is 0 Å². The number of aromatic nitrogens is 1. The molecule has 7 heteroatoms. The van der Waals surface area contributed by atoms with Gasteiger partial charge in [-0.3, -0.25) is 9.59 Å². The Hall–Kier alpha value is -2.44. The maximum absolute atomic E-state index is 13.5. The summed E-state index contributed by atoms with van der Waals surface area (Å²) >= 11 is 0. The van der Waals surface area contributed by atoms with Crippen molar-refractivity contribution in [3.05, 3.63) is 39.7 Å². The fraction of sp³-hybridized carbons (Fsp3) is 0.231. The molecule has 0 spiro atoms. The Bertz CT molecular complexity index is 810.